The zero-order valence-electron chi connectivity index (χ0n) is 10.4. The molecule has 0 aliphatic rings. The minimum Gasteiger partial charge on any atom is -0.492 e. The van der Waals surface area contributed by atoms with Crippen LogP contribution in [0.2, 0.25) is 0 Å². The second kappa shape index (κ2) is 5.36. The fraction of sp³-hybridized carbons (Fsp3) is 0.231. The topological polar surface area (TPSA) is 72.0 Å². The SMILES string of the molecule is N=C(N)c1cnc2ccccc2c1OCCC(F)(F)F. The van der Waals surface area contributed by atoms with Gasteiger partial charge in [-0.3, -0.25) is 10.4 Å². The van der Waals surface area contributed by atoms with Gasteiger partial charge in [0.15, 0.2) is 0 Å². The predicted molar refractivity (Wildman–Crippen MR) is 68.9 cm³/mol. The number of nitrogens with zero attached hydrogens (tertiary/aromatic N) is 1. The Balaban J connectivity index is 2.37. The van der Waals surface area contributed by atoms with Gasteiger partial charge in [-0.05, 0) is 12.1 Å². The summed E-state index contributed by atoms with van der Waals surface area (Å²) in [5.74, 6) is -0.141. The Morgan fingerprint density at radius 3 is 2.65 bits per heavy atom. The lowest BCUT2D eigenvalue weighted by Gasteiger charge is -2.14. The van der Waals surface area contributed by atoms with Crippen molar-refractivity contribution in [3.63, 3.8) is 0 Å². The zero-order chi connectivity index (χ0) is 14.8. The van der Waals surface area contributed by atoms with Crippen LogP contribution < -0.4 is 10.5 Å². The van der Waals surface area contributed by atoms with E-state index in [0.717, 1.165) is 0 Å². The van der Waals surface area contributed by atoms with E-state index in [0.29, 0.717) is 10.9 Å². The molecule has 20 heavy (non-hydrogen) atoms. The number of hydrogen-bond acceptors (Lipinski definition) is 3. The highest BCUT2D eigenvalue weighted by Gasteiger charge is 2.27. The summed E-state index contributed by atoms with van der Waals surface area (Å²) < 4.78 is 41.7. The number of rotatable bonds is 4. The van der Waals surface area contributed by atoms with E-state index < -0.39 is 19.2 Å². The number of alkyl halides is 3. The summed E-state index contributed by atoms with van der Waals surface area (Å²) in [6, 6.07) is 6.83. The highest BCUT2D eigenvalue weighted by atomic mass is 19.4. The molecule has 7 heteroatoms. The monoisotopic (exact) mass is 283 g/mol. The van der Waals surface area contributed by atoms with Gasteiger partial charge in [0, 0.05) is 11.6 Å². The van der Waals surface area contributed by atoms with Crippen molar-refractivity contribution in [3.8, 4) is 5.75 Å². The van der Waals surface area contributed by atoms with Gasteiger partial charge in [0.1, 0.15) is 11.6 Å². The molecule has 0 radical (unpaired) electrons. The molecule has 2 aromatic rings. The van der Waals surface area contributed by atoms with Crippen molar-refractivity contribution in [2.45, 2.75) is 12.6 Å². The third-order valence-electron chi connectivity index (χ3n) is 2.65. The Hall–Kier alpha value is -2.31. The average Bonchev–Trinajstić information content (AvgIpc) is 2.37. The second-order valence-corrected chi connectivity index (χ2v) is 4.15. The fourth-order valence-electron chi connectivity index (χ4n) is 1.73. The quantitative estimate of drug-likeness (QED) is 0.669. The standard InChI is InChI=1S/C13H12F3N3O/c14-13(15,16)5-6-20-11-8-3-1-2-4-10(8)19-7-9(11)12(17)18/h1-4,7H,5-6H2,(H3,17,18). The molecule has 0 aliphatic heterocycles. The fourth-order valence-corrected chi connectivity index (χ4v) is 1.73. The van der Waals surface area contributed by atoms with Crippen molar-refractivity contribution in [1.82, 2.24) is 4.98 Å². The molecule has 0 unspecified atom stereocenters. The molecule has 0 saturated carbocycles. The zero-order valence-corrected chi connectivity index (χ0v) is 10.4. The number of ether oxygens (including phenoxy) is 1. The number of para-hydroxylation sites is 1. The summed E-state index contributed by atoms with van der Waals surface area (Å²) >= 11 is 0. The van der Waals surface area contributed by atoms with Crippen LogP contribution in [0.4, 0.5) is 13.2 Å². The molecule has 0 spiro atoms. The van der Waals surface area contributed by atoms with Crippen molar-refractivity contribution >= 4 is 16.7 Å². The Morgan fingerprint density at radius 2 is 2.00 bits per heavy atom. The number of nitrogens with two attached hydrogens (primary N) is 1. The molecule has 0 saturated heterocycles. The summed E-state index contributed by atoms with van der Waals surface area (Å²) in [4.78, 5) is 4.10. The van der Waals surface area contributed by atoms with Gasteiger partial charge in [-0.1, -0.05) is 12.1 Å². The van der Waals surface area contributed by atoms with Crippen LogP contribution in [0.25, 0.3) is 10.9 Å². The van der Waals surface area contributed by atoms with Crippen LogP contribution >= 0.6 is 0 Å². The first-order valence-corrected chi connectivity index (χ1v) is 5.80. The lowest BCUT2D eigenvalue weighted by atomic mass is 10.1. The first kappa shape index (κ1) is 14.1. The summed E-state index contributed by atoms with van der Waals surface area (Å²) in [6.07, 6.45) is -4.03. The molecule has 0 fully saturated rings. The highest BCUT2D eigenvalue weighted by molar-refractivity contribution is 6.02. The normalized spacial score (nSPS) is 11.6. The lowest BCUT2D eigenvalue weighted by molar-refractivity contribution is -0.139. The number of halogens is 3. The average molecular weight is 283 g/mol. The smallest absolute Gasteiger partial charge is 0.392 e. The first-order chi connectivity index (χ1) is 9.38. The van der Waals surface area contributed by atoms with E-state index in [-0.39, 0.29) is 17.1 Å². The minimum absolute atomic E-state index is 0.160. The van der Waals surface area contributed by atoms with Gasteiger partial charge < -0.3 is 10.5 Å². The molecule has 0 bridgehead atoms. The molecule has 0 atom stereocenters. The number of hydrogen-bond donors (Lipinski definition) is 2. The molecule has 1 heterocycles. The molecule has 4 nitrogen and oxygen atoms in total. The summed E-state index contributed by atoms with van der Waals surface area (Å²) in [7, 11) is 0. The Bertz CT molecular complexity index is 640. The summed E-state index contributed by atoms with van der Waals surface area (Å²) in [6.45, 7) is -0.530. The van der Waals surface area contributed by atoms with Crippen molar-refractivity contribution in [2.24, 2.45) is 5.73 Å². The van der Waals surface area contributed by atoms with Crippen molar-refractivity contribution in [1.29, 1.82) is 5.41 Å². The number of fused-ring (bicyclic) bond motifs is 1. The van der Waals surface area contributed by atoms with E-state index >= 15 is 0 Å². The molecule has 2 rings (SSSR count). The van der Waals surface area contributed by atoms with E-state index in [9.17, 15) is 13.2 Å². The maximum atomic E-state index is 12.2. The van der Waals surface area contributed by atoms with E-state index in [1.807, 2.05) is 0 Å². The Kier molecular flexibility index (Phi) is 3.78. The maximum Gasteiger partial charge on any atom is 0.392 e. The number of amidine groups is 1. The third-order valence-corrected chi connectivity index (χ3v) is 2.65. The summed E-state index contributed by atoms with van der Waals surface area (Å²) in [5.41, 5.74) is 6.16. The number of nitrogens with one attached hydrogen (secondary N) is 1. The number of pyridine rings is 1. The van der Waals surface area contributed by atoms with Crippen LogP contribution in [0.15, 0.2) is 30.5 Å². The first-order valence-electron chi connectivity index (χ1n) is 5.80. The Labute approximate surface area is 112 Å². The predicted octanol–water partition coefficient (Wildman–Crippen LogP) is 2.85. The second-order valence-electron chi connectivity index (χ2n) is 4.15. The number of nitrogen functional groups attached to an aromatic ring is 1. The molecule has 3 N–H and O–H groups in total. The number of benzene rings is 1. The molecule has 0 amide bonds. The van der Waals surface area contributed by atoms with E-state index in [4.69, 9.17) is 15.9 Å². The van der Waals surface area contributed by atoms with Gasteiger partial charge in [0.05, 0.1) is 24.1 Å². The van der Waals surface area contributed by atoms with Crippen molar-refractivity contribution in [3.05, 3.63) is 36.0 Å². The minimum atomic E-state index is -4.29. The van der Waals surface area contributed by atoms with Gasteiger partial charge in [-0.2, -0.15) is 13.2 Å². The Morgan fingerprint density at radius 1 is 1.30 bits per heavy atom. The van der Waals surface area contributed by atoms with Crippen LogP contribution in [-0.4, -0.2) is 23.6 Å². The van der Waals surface area contributed by atoms with Gasteiger partial charge in [-0.15, -0.1) is 0 Å². The molecule has 1 aromatic carbocycles. The summed E-state index contributed by atoms with van der Waals surface area (Å²) in [5, 5.41) is 7.98. The van der Waals surface area contributed by atoms with Crippen molar-refractivity contribution in [2.75, 3.05) is 6.61 Å². The van der Waals surface area contributed by atoms with Gasteiger partial charge in [0.25, 0.3) is 0 Å². The van der Waals surface area contributed by atoms with Gasteiger partial charge >= 0.3 is 6.18 Å². The van der Waals surface area contributed by atoms with Gasteiger partial charge in [-0.25, -0.2) is 0 Å². The van der Waals surface area contributed by atoms with Gasteiger partial charge in [0.2, 0.25) is 0 Å². The van der Waals surface area contributed by atoms with E-state index in [2.05, 4.69) is 4.98 Å². The van der Waals surface area contributed by atoms with Crippen LogP contribution in [0.3, 0.4) is 0 Å². The van der Waals surface area contributed by atoms with E-state index in [1.165, 1.54) is 6.20 Å². The van der Waals surface area contributed by atoms with Crippen LogP contribution in [0.1, 0.15) is 12.0 Å². The van der Waals surface area contributed by atoms with Crippen LogP contribution in [0.5, 0.6) is 5.75 Å². The maximum absolute atomic E-state index is 12.2. The third kappa shape index (κ3) is 3.17. The molecular weight excluding hydrogens is 271 g/mol. The molecule has 106 valence electrons. The number of aromatic nitrogens is 1. The van der Waals surface area contributed by atoms with E-state index in [1.54, 1.807) is 24.3 Å². The largest absolute Gasteiger partial charge is 0.492 e. The highest BCUT2D eigenvalue weighted by Crippen LogP contribution is 2.29. The molecule has 1 aromatic heterocycles. The van der Waals surface area contributed by atoms with Crippen molar-refractivity contribution < 1.29 is 17.9 Å². The molecule has 0 aliphatic carbocycles. The molecular formula is C13H12F3N3O. The van der Waals surface area contributed by atoms with Crippen LogP contribution in [-0.2, 0) is 0 Å². The van der Waals surface area contributed by atoms with Crippen LogP contribution in [0, 0.1) is 5.41 Å². The lowest BCUT2D eigenvalue weighted by Crippen LogP contribution is -2.17.